The number of rotatable bonds is 4. The van der Waals surface area contributed by atoms with Crippen molar-refractivity contribution in [1.29, 1.82) is 0 Å². The second-order valence-corrected chi connectivity index (χ2v) is 5.15. The van der Waals surface area contributed by atoms with E-state index in [1.807, 2.05) is 40.9 Å². The molecule has 0 saturated carbocycles. The average Bonchev–Trinajstić information content (AvgIpc) is 3.03. The van der Waals surface area contributed by atoms with Gasteiger partial charge in [-0.3, -0.25) is 0 Å². The molecule has 0 aliphatic carbocycles. The largest absolute Gasteiger partial charge is 0.508 e. The molecule has 0 spiro atoms. The van der Waals surface area contributed by atoms with Crippen LogP contribution in [-0.4, -0.2) is 24.3 Å². The van der Waals surface area contributed by atoms with Gasteiger partial charge in [-0.2, -0.15) is 0 Å². The summed E-state index contributed by atoms with van der Waals surface area (Å²) in [6.45, 7) is 4.09. The summed E-state index contributed by atoms with van der Waals surface area (Å²) in [5, 5.41) is 0. The highest BCUT2D eigenvalue weighted by Crippen LogP contribution is 2.25. The molecule has 0 saturated heterocycles. The Labute approximate surface area is 134 Å². The van der Waals surface area contributed by atoms with Gasteiger partial charge in [0, 0.05) is 18.0 Å². The molecule has 0 atom stereocenters. The number of aromatic nitrogens is 1. The Hall–Kier alpha value is -3.01. The number of ether oxygens (including phenoxy) is 2. The molecule has 0 N–H and O–H groups in total. The molecule has 2 heterocycles. The minimum absolute atomic E-state index is 0.104. The van der Waals surface area contributed by atoms with Crippen LogP contribution >= 0.6 is 0 Å². The maximum Gasteiger partial charge on any atom is 0.508 e. The molecule has 0 fully saturated rings. The quantitative estimate of drug-likeness (QED) is 0.671. The van der Waals surface area contributed by atoms with Crippen LogP contribution in [0.15, 0.2) is 67.5 Å². The van der Waals surface area contributed by atoms with Gasteiger partial charge in [0.2, 0.25) is 0 Å². The molecule has 0 aliphatic heterocycles. The van der Waals surface area contributed by atoms with Crippen molar-refractivity contribution >= 4 is 17.2 Å². The second kappa shape index (κ2) is 6.40. The molecule has 0 unspecified atom stereocenters. The summed E-state index contributed by atoms with van der Waals surface area (Å²) in [6.07, 6.45) is 3.34. The Morgan fingerprint density at radius 3 is 2.61 bits per heavy atom. The molecular formula is C19H17NO3. The number of hydrogen-bond donors (Lipinski definition) is 0. The van der Waals surface area contributed by atoms with Crippen LogP contribution in [0.25, 0.3) is 22.2 Å². The maximum atomic E-state index is 11.1. The summed E-state index contributed by atoms with van der Waals surface area (Å²) in [4.78, 5) is 11.1. The van der Waals surface area contributed by atoms with Gasteiger partial charge in [-0.05, 0) is 28.8 Å². The van der Waals surface area contributed by atoms with Gasteiger partial charge in [-0.15, -0.1) is 0 Å². The SMILES string of the molecule is C=C(COC(=O)OC)c1ccn2cc(-c3ccccc3)ccc12. The third kappa shape index (κ3) is 3.11. The monoisotopic (exact) mass is 307 g/mol. The molecular weight excluding hydrogens is 290 g/mol. The first-order valence-electron chi connectivity index (χ1n) is 7.24. The van der Waals surface area contributed by atoms with Gasteiger partial charge in [0.15, 0.2) is 0 Å². The van der Waals surface area contributed by atoms with Gasteiger partial charge in [0.1, 0.15) is 6.61 Å². The van der Waals surface area contributed by atoms with Gasteiger partial charge >= 0.3 is 6.16 Å². The number of pyridine rings is 1. The zero-order chi connectivity index (χ0) is 16.2. The van der Waals surface area contributed by atoms with Crippen molar-refractivity contribution in [1.82, 2.24) is 4.40 Å². The lowest BCUT2D eigenvalue weighted by Crippen LogP contribution is -2.06. The van der Waals surface area contributed by atoms with Gasteiger partial charge in [-0.1, -0.05) is 43.0 Å². The number of fused-ring (bicyclic) bond motifs is 1. The molecule has 1 aromatic carbocycles. The van der Waals surface area contributed by atoms with E-state index in [9.17, 15) is 4.79 Å². The van der Waals surface area contributed by atoms with E-state index in [4.69, 9.17) is 4.74 Å². The normalized spacial score (nSPS) is 10.5. The minimum atomic E-state index is -0.707. The fourth-order valence-electron chi connectivity index (χ4n) is 2.49. The fraction of sp³-hybridized carbons (Fsp3) is 0.105. The van der Waals surface area contributed by atoms with Gasteiger partial charge < -0.3 is 13.9 Å². The first-order chi connectivity index (χ1) is 11.2. The van der Waals surface area contributed by atoms with Gasteiger partial charge in [0.25, 0.3) is 0 Å². The second-order valence-electron chi connectivity index (χ2n) is 5.15. The van der Waals surface area contributed by atoms with Crippen LogP contribution in [0.2, 0.25) is 0 Å². The first-order valence-corrected chi connectivity index (χ1v) is 7.24. The predicted octanol–water partition coefficient (Wildman–Crippen LogP) is 4.40. The Morgan fingerprint density at radius 2 is 1.87 bits per heavy atom. The van der Waals surface area contributed by atoms with E-state index < -0.39 is 6.16 Å². The maximum absolute atomic E-state index is 11.1. The van der Waals surface area contributed by atoms with Crippen molar-refractivity contribution in [3.8, 4) is 11.1 Å². The fourth-order valence-corrected chi connectivity index (χ4v) is 2.49. The Bertz CT molecular complexity index is 849. The van der Waals surface area contributed by atoms with E-state index in [2.05, 4.69) is 35.7 Å². The third-order valence-corrected chi connectivity index (χ3v) is 3.67. The van der Waals surface area contributed by atoms with E-state index in [-0.39, 0.29) is 6.61 Å². The lowest BCUT2D eigenvalue weighted by molar-refractivity contribution is 0.0833. The molecule has 0 bridgehead atoms. The van der Waals surface area contributed by atoms with Crippen LogP contribution in [-0.2, 0) is 9.47 Å². The standard InChI is InChI=1S/C19H17NO3/c1-14(13-23-19(21)22-2)17-10-11-20-12-16(8-9-18(17)20)15-6-4-3-5-7-15/h3-12H,1,13H2,2H3. The van der Waals surface area contributed by atoms with Gasteiger partial charge in [0.05, 0.1) is 12.6 Å². The number of hydrogen-bond acceptors (Lipinski definition) is 3. The zero-order valence-corrected chi connectivity index (χ0v) is 12.9. The van der Waals surface area contributed by atoms with Gasteiger partial charge in [-0.25, -0.2) is 4.79 Å². The van der Waals surface area contributed by atoms with E-state index in [1.54, 1.807) is 0 Å². The predicted molar refractivity (Wildman–Crippen MR) is 90.2 cm³/mol. The van der Waals surface area contributed by atoms with Crippen LogP contribution in [0.4, 0.5) is 4.79 Å². The van der Waals surface area contributed by atoms with Crippen LogP contribution in [0, 0.1) is 0 Å². The molecule has 0 amide bonds. The zero-order valence-electron chi connectivity index (χ0n) is 12.9. The Balaban J connectivity index is 1.87. The molecule has 0 radical (unpaired) electrons. The van der Waals surface area contributed by atoms with Crippen molar-refractivity contribution in [3.05, 3.63) is 73.1 Å². The molecule has 3 rings (SSSR count). The van der Waals surface area contributed by atoms with Crippen molar-refractivity contribution in [3.63, 3.8) is 0 Å². The van der Waals surface area contributed by atoms with E-state index >= 15 is 0 Å². The van der Waals surface area contributed by atoms with Crippen molar-refractivity contribution < 1.29 is 14.3 Å². The number of nitrogens with zero attached hydrogens (tertiary/aromatic N) is 1. The van der Waals surface area contributed by atoms with Crippen LogP contribution in [0.5, 0.6) is 0 Å². The number of carbonyl (C=O) groups excluding carboxylic acids is 1. The lowest BCUT2D eigenvalue weighted by Gasteiger charge is -2.07. The number of benzene rings is 1. The van der Waals surface area contributed by atoms with Crippen LogP contribution in [0.1, 0.15) is 5.56 Å². The highest BCUT2D eigenvalue weighted by molar-refractivity contribution is 5.80. The molecule has 4 nitrogen and oxygen atoms in total. The molecule has 3 aromatic rings. The van der Waals surface area contributed by atoms with Crippen LogP contribution in [0.3, 0.4) is 0 Å². The van der Waals surface area contributed by atoms with E-state index in [0.717, 1.165) is 27.8 Å². The summed E-state index contributed by atoms with van der Waals surface area (Å²) < 4.78 is 11.5. The summed E-state index contributed by atoms with van der Waals surface area (Å²) in [7, 11) is 1.28. The van der Waals surface area contributed by atoms with Crippen LogP contribution < -0.4 is 0 Å². The van der Waals surface area contributed by atoms with Crippen molar-refractivity contribution in [2.45, 2.75) is 0 Å². The molecule has 4 heteroatoms. The smallest absolute Gasteiger partial charge is 0.438 e. The summed E-state index contributed by atoms with van der Waals surface area (Å²) >= 11 is 0. The summed E-state index contributed by atoms with van der Waals surface area (Å²) in [5.74, 6) is 0. The Kier molecular flexibility index (Phi) is 4.15. The average molecular weight is 307 g/mol. The topological polar surface area (TPSA) is 39.9 Å². The molecule has 116 valence electrons. The molecule has 23 heavy (non-hydrogen) atoms. The van der Waals surface area contributed by atoms with Crippen molar-refractivity contribution in [2.75, 3.05) is 13.7 Å². The highest BCUT2D eigenvalue weighted by atomic mass is 16.7. The third-order valence-electron chi connectivity index (χ3n) is 3.67. The number of methoxy groups -OCH3 is 1. The van der Waals surface area contributed by atoms with Crippen molar-refractivity contribution in [2.24, 2.45) is 0 Å². The van der Waals surface area contributed by atoms with E-state index in [1.165, 1.54) is 7.11 Å². The number of carbonyl (C=O) groups is 1. The lowest BCUT2D eigenvalue weighted by atomic mass is 10.1. The Morgan fingerprint density at radius 1 is 1.09 bits per heavy atom. The molecule has 0 aliphatic rings. The summed E-state index contributed by atoms with van der Waals surface area (Å²) in [6, 6.07) is 16.3. The summed E-state index contributed by atoms with van der Waals surface area (Å²) in [5.41, 5.74) is 5.00. The van der Waals surface area contributed by atoms with E-state index in [0.29, 0.717) is 0 Å². The molecule has 2 aromatic heterocycles. The minimum Gasteiger partial charge on any atom is -0.438 e. The highest BCUT2D eigenvalue weighted by Gasteiger charge is 2.10. The first kappa shape index (κ1) is 14.9.